The van der Waals surface area contributed by atoms with E-state index in [1.54, 1.807) is 11.3 Å². The molecule has 0 aliphatic carbocycles. The van der Waals surface area contributed by atoms with Gasteiger partial charge in [0.15, 0.2) is 0 Å². The van der Waals surface area contributed by atoms with E-state index < -0.39 is 0 Å². The minimum absolute atomic E-state index is 0.00315. The first kappa shape index (κ1) is 13.0. The molecule has 1 heterocycles. The van der Waals surface area contributed by atoms with Gasteiger partial charge in [0.25, 0.3) is 0 Å². The maximum absolute atomic E-state index is 11.9. The van der Waals surface area contributed by atoms with Gasteiger partial charge in [0.1, 0.15) is 0 Å². The molecule has 1 rings (SSSR count). The van der Waals surface area contributed by atoms with Crippen LogP contribution in [0.2, 0.25) is 0 Å². The topological polar surface area (TPSA) is 32.3 Å². The lowest BCUT2D eigenvalue weighted by molar-refractivity contribution is 0.149. The molecule has 0 radical (unpaired) electrons. The SMILES string of the molecule is CCN(C(=O)NCc1cccs1)C(C)(C)C. The van der Waals surface area contributed by atoms with Gasteiger partial charge >= 0.3 is 6.03 Å². The van der Waals surface area contributed by atoms with Crippen LogP contribution in [0, 0.1) is 0 Å². The van der Waals surface area contributed by atoms with Crippen LogP contribution in [0.25, 0.3) is 0 Å². The van der Waals surface area contributed by atoms with Crippen molar-refractivity contribution in [1.82, 2.24) is 10.2 Å². The Morgan fingerprint density at radius 3 is 2.62 bits per heavy atom. The maximum atomic E-state index is 11.9. The van der Waals surface area contributed by atoms with Crippen LogP contribution in [-0.4, -0.2) is 23.0 Å². The molecule has 4 heteroatoms. The third-order valence-corrected chi connectivity index (χ3v) is 3.24. The minimum Gasteiger partial charge on any atom is -0.333 e. The molecule has 2 amide bonds. The molecule has 16 heavy (non-hydrogen) atoms. The van der Waals surface area contributed by atoms with E-state index in [2.05, 4.69) is 5.32 Å². The van der Waals surface area contributed by atoms with Gasteiger partial charge in [-0.1, -0.05) is 6.07 Å². The summed E-state index contributed by atoms with van der Waals surface area (Å²) in [4.78, 5) is 14.9. The normalized spacial score (nSPS) is 11.2. The average Bonchev–Trinajstić information content (AvgIpc) is 2.65. The zero-order valence-electron chi connectivity index (χ0n) is 10.4. The van der Waals surface area contributed by atoms with E-state index in [1.807, 2.05) is 50.1 Å². The Morgan fingerprint density at radius 2 is 2.19 bits per heavy atom. The molecule has 1 aromatic heterocycles. The Morgan fingerprint density at radius 1 is 1.50 bits per heavy atom. The largest absolute Gasteiger partial charge is 0.333 e. The van der Waals surface area contributed by atoms with Gasteiger partial charge < -0.3 is 10.2 Å². The van der Waals surface area contributed by atoms with Crippen molar-refractivity contribution in [2.45, 2.75) is 39.8 Å². The summed E-state index contributed by atoms with van der Waals surface area (Å²) in [6, 6.07) is 4.02. The molecule has 0 atom stereocenters. The Labute approximate surface area is 101 Å². The van der Waals surface area contributed by atoms with Gasteiger partial charge in [-0.15, -0.1) is 11.3 Å². The van der Waals surface area contributed by atoms with Crippen LogP contribution in [0.4, 0.5) is 4.79 Å². The van der Waals surface area contributed by atoms with Crippen molar-refractivity contribution in [2.75, 3.05) is 6.54 Å². The smallest absolute Gasteiger partial charge is 0.318 e. The average molecular weight is 240 g/mol. The van der Waals surface area contributed by atoms with Crippen LogP contribution in [0.1, 0.15) is 32.6 Å². The van der Waals surface area contributed by atoms with Crippen LogP contribution < -0.4 is 5.32 Å². The highest BCUT2D eigenvalue weighted by atomic mass is 32.1. The number of nitrogens with one attached hydrogen (secondary N) is 1. The summed E-state index contributed by atoms with van der Waals surface area (Å²) in [5.41, 5.74) is -0.131. The van der Waals surface area contributed by atoms with E-state index in [9.17, 15) is 4.79 Å². The minimum atomic E-state index is -0.131. The molecule has 0 fully saturated rings. The number of thiophene rings is 1. The van der Waals surface area contributed by atoms with Crippen LogP contribution >= 0.6 is 11.3 Å². The standard InChI is InChI=1S/C12H20N2OS/c1-5-14(12(2,3)4)11(15)13-9-10-7-6-8-16-10/h6-8H,5,9H2,1-4H3,(H,13,15). The highest BCUT2D eigenvalue weighted by Crippen LogP contribution is 2.13. The Kier molecular flexibility index (Phi) is 4.35. The van der Waals surface area contributed by atoms with Gasteiger partial charge in [-0.2, -0.15) is 0 Å². The highest BCUT2D eigenvalue weighted by molar-refractivity contribution is 7.09. The van der Waals surface area contributed by atoms with Crippen molar-refractivity contribution in [3.63, 3.8) is 0 Å². The van der Waals surface area contributed by atoms with Gasteiger partial charge in [-0.3, -0.25) is 0 Å². The second-order valence-corrected chi connectivity index (χ2v) is 5.69. The van der Waals surface area contributed by atoms with Crippen molar-refractivity contribution in [2.24, 2.45) is 0 Å². The number of hydrogen-bond donors (Lipinski definition) is 1. The van der Waals surface area contributed by atoms with Gasteiger partial charge in [0.2, 0.25) is 0 Å². The molecule has 0 aliphatic heterocycles. The number of carbonyl (C=O) groups is 1. The summed E-state index contributed by atoms with van der Waals surface area (Å²) in [6.07, 6.45) is 0. The van der Waals surface area contributed by atoms with E-state index in [0.717, 1.165) is 6.54 Å². The summed E-state index contributed by atoms with van der Waals surface area (Å²) in [5.74, 6) is 0. The number of amides is 2. The molecule has 90 valence electrons. The number of nitrogens with zero attached hydrogens (tertiary/aromatic N) is 1. The summed E-state index contributed by atoms with van der Waals surface area (Å²) in [5, 5.41) is 4.96. The van der Waals surface area contributed by atoms with E-state index in [4.69, 9.17) is 0 Å². The van der Waals surface area contributed by atoms with Crippen molar-refractivity contribution < 1.29 is 4.79 Å². The third-order valence-electron chi connectivity index (χ3n) is 2.37. The maximum Gasteiger partial charge on any atom is 0.318 e. The zero-order valence-corrected chi connectivity index (χ0v) is 11.2. The molecular weight excluding hydrogens is 220 g/mol. The molecule has 0 saturated heterocycles. The molecule has 0 spiro atoms. The first-order valence-corrected chi connectivity index (χ1v) is 6.41. The number of carbonyl (C=O) groups excluding carboxylic acids is 1. The van der Waals surface area contributed by atoms with Crippen LogP contribution in [0.3, 0.4) is 0 Å². The van der Waals surface area contributed by atoms with Crippen molar-refractivity contribution >= 4 is 17.4 Å². The predicted molar refractivity (Wildman–Crippen MR) is 68.7 cm³/mol. The van der Waals surface area contributed by atoms with E-state index in [0.29, 0.717) is 6.54 Å². The lowest BCUT2D eigenvalue weighted by Gasteiger charge is -2.34. The molecule has 0 saturated carbocycles. The molecule has 0 aromatic carbocycles. The lowest BCUT2D eigenvalue weighted by atomic mass is 10.1. The van der Waals surface area contributed by atoms with Crippen LogP contribution in [-0.2, 0) is 6.54 Å². The van der Waals surface area contributed by atoms with Crippen molar-refractivity contribution in [1.29, 1.82) is 0 Å². The Bertz CT molecular complexity index is 327. The quantitative estimate of drug-likeness (QED) is 0.865. The third kappa shape index (κ3) is 3.52. The number of urea groups is 1. The second kappa shape index (κ2) is 5.34. The van der Waals surface area contributed by atoms with Gasteiger partial charge in [0.05, 0.1) is 6.54 Å². The molecule has 3 nitrogen and oxygen atoms in total. The molecule has 0 bridgehead atoms. The van der Waals surface area contributed by atoms with Crippen molar-refractivity contribution in [3.8, 4) is 0 Å². The molecular formula is C12H20N2OS. The van der Waals surface area contributed by atoms with Gasteiger partial charge in [0, 0.05) is 17.0 Å². The molecule has 1 N–H and O–H groups in total. The monoisotopic (exact) mass is 240 g/mol. The second-order valence-electron chi connectivity index (χ2n) is 4.65. The predicted octanol–water partition coefficient (Wildman–Crippen LogP) is 3.08. The summed E-state index contributed by atoms with van der Waals surface area (Å²) in [7, 11) is 0. The van der Waals surface area contributed by atoms with Crippen LogP contribution in [0.15, 0.2) is 17.5 Å². The fraction of sp³-hybridized carbons (Fsp3) is 0.583. The summed E-state index contributed by atoms with van der Waals surface area (Å²) >= 11 is 1.66. The lowest BCUT2D eigenvalue weighted by Crippen LogP contribution is -2.49. The van der Waals surface area contributed by atoms with E-state index in [1.165, 1.54) is 4.88 Å². The Balaban J connectivity index is 2.51. The van der Waals surface area contributed by atoms with Gasteiger partial charge in [-0.05, 0) is 39.1 Å². The van der Waals surface area contributed by atoms with E-state index in [-0.39, 0.29) is 11.6 Å². The fourth-order valence-corrected chi connectivity index (χ4v) is 2.24. The van der Waals surface area contributed by atoms with Crippen LogP contribution in [0.5, 0.6) is 0 Å². The van der Waals surface area contributed by atoms with Crippen molar-refractivity contribution in [3.05, 3.63) is 22.4 Å². The fourth-order valence-electron chi connectivity index (χ4n) is 1.59. The number of rotatable bonds is 3. The summed E-state index contributed by atoms with van der Waals surface area (Å²) < 4.78 is 0. The molecule has 0 aliphatic rings. The first-order chi connectivity index (χ1) is 7.45. The summed E-state index contributed by atoms with van der Waals surface area (Å²) in [6.45, 7) is 9.46. The highest BCUT2D eigenvalue weighted by Gasteiger charge is 2.24. The van der Waals surface area contributed by atoms with Gasteiger partial charge in [-0.25, -0.2) is 4.79 Å². The number of hydrogen-bond acceptors (Lipinski definition) is 2. The zero-order chi connectivity index (χ0) is 12.2. The molecule has 1 aromatic rings. The van der Waals surface area contributed by atoms with E-state index >= 15 is 0 Å². The molecule has 0 unspecified atom stereocenters. The Hall–Kier alpha value is -1.03. The first-order valence-electron chi connectivity index (χ1n) is 5.53.